The minimum absolute atomic E-state index is 0.0562. The quantitative estimate of drug-likeness (QED) is 0.616. The maximum Gasteiger partial charge on any atom is 0.353 e. The smallest absolute Gasteiger partial charge is 0.353 e. The van der Waals surface area contributed by atoms with Crippen LogP contribution >= 0.6 is 0 Å². The van der Waals surface area contributed by atoms with E-state index >= 15 is 0 Å². The van der Waals surface area contributed by atoms with Gasteiger partial charge in [-0.05, 0) is 20.3 Å². The molecule has 1 unspecified atom stereocenters. The van der Waals surface area contributed by atoms with E-state index in [0.717, 1.165) is 6.42 Å². The van der Waals surface area contributed by atoms with Gasteiger partial charge in [0, 0.05) is 12.1 Å². The zero-order valence-corrected chi connectivity index (χ0v) is 12.0. The van der Waals surface area contributed by atoms with Crippen LogP contribution in [-0.2, 0) is 0 Å². The first-order valence-electron chi connectivity index (χ1n) is 6.47. The molecule has 0 saturated heterocycles. The minimum Gasteiger partial charge on any atom is -0.362 e. The fraction of sp³-hybridized carbons (Fsp3) is 0.417. The highest BCUT2D eigenvalue weighted by molar-refractivity contribution is 5.72. The van der Waals surface area contributed by atoms with Crippen LogP contribution < -0.4 is 10.6 Å². The van der Waals surface area contributed by atoms with Gasteiger partial charge in [0.2, 0.25) is 11.6 Å². The van der Waals surface area contributed by atoms with E-state index in [-0.39, 0.29) is 23.4 Å². The second-order valence-corrected chi connectivity index (χ2v) is 4.58. The second-order valence-electron chi connectivity index (χ2n) is 4.58. The van der Waals surface area contributed by atoms with Crippen molar-refractivity contribution in [3.8, 4) is 0 Å². The summed E-state index contributed by atoms with van der Waals surface area (Å²) in [5.41, 5.74) is -0.224. The molecule has 9 nitrogen and oxygen atoms in total. The van der Waals surface area contributed by atoms with Gasteiger partial charge in [0.15, 0.2) is 5.82 Å². The van der Waals surface area contributed by atoms with E-state index in [4.69, 9.17) is 4.52 Å². The Morgan fingerprint density at radius 3 is 2.71 bits per heavy atom. The maximum absolute atomic E-state index is 11.3. The van der Waals surface area contributed by atoms with Crippen LogP contribution in [0, 0.1) is 17.0 Å². The number of rotatable bonds is 6. The van der Waals surface area contributed by atoms with Gasteiger partial charge in [-0.2, -0.15) is 0 Å². The third kappa shape index (κ3) is 3.44. The first-order valence-corrected chi connectivity index (χ1v) is 6.47. The van der Waals surface area contributed by atoms with Crippen molar-refractivity contribution < 1.29 is 9.45 Å². The summed E-state index contributed by atoms with van der Waals surface area (Å²) >= 11 is 0. The summed E-state index contributed by atoms with van der Waals surface area (Å²) in [5, 5.41) is 20.8. The zero-order valence-electron chi connectivity index (χ0n) is 12.0. The predicted octanol–water partition coefficient (Wildman–Crippen LogP) is 2.64. The molecule has 0 spiro atoms. The summed E-state index contributed by atoms with van der Waals surface area (Å²) in [7, 11) is 0. The molecular weight excluding hydrogens is 276 g/mol. The van der Waals surface area contributed by atoms with E-state index in [1.54, 1.807) is 13.0 Å². The highest BCUT2D eigenvalue weighted by Gasteiger charge is 2.24. The molecule has 2 rings (SSSR count). The molecule has 2 aromatic rings. The van der Waals surface area contributed by atoms with Crippen LogP contribution in [0.4, 0.5) is 23.1 Å². The highest BCUT2D eigenvalue weighted by atomic mass is 16.6. The number of nitrogens with one attached hydrogen (secondary N) is 2. The van der Waals surface area contributed by atoms with Crippen LogP contribution in [0.25, 0.3) is 0 Å². The van der Waals surface area contributed by atoms with Gasteiger partial charge >= 0.3 is 5.69 Å². The molecule has 9 heteroatoms. The van der Waals surface area contributed by atoms with Crippen LogP contribution in [-0.4, -0.2) is 26.1 Å². The molecule has 0 aliphatic rings. The molecule has 2 heterocycles. The van der Waals surface area contributed by atoms with Crippen molar-refractivity contribution in [2.75, 3.05) is 10.6 Å². The summed E-state index contributed by atoms with van der Waals surface area (Å²) in [4.78, 5) is 18.6. The molecule has 0 aliphatic carbocycles. The molecule has 0 fully saturated rings. The van der Waals surface area contributed by atoms with Crippen molar-refractivity contribution in [2.24, 2.45) is 0 Å². The lowest BCUT2D eigenvalue weighted by Gasteiger charge is -2.13. The van der Waals surface area contributed by atoms with Gasteiger partial charge in [-0.1, -0.05) is 12.1 Å². The Balaban J connectivity index is 2.36. The molecule has 1 atom stereocenters. The Kier molecular flexibility index (Phi) is 4.31. The molecule has 0 amide bonds. The summed E-state index contributed by atoms with van der Waals surface area (Å²) in [5.74, 6) is 1.18. The first-order chi connectivity index (χ1) is 10.0. The molecule has 0 bridgehead atoms. The fourth-order valence-electron chi connectivity index (χ4n) is 1.63. The van der Waals surface area contributed by atoms with Crippen molar-refractivity contribution in [1.82, 2.24) is 15.1 Å². The van der Waals surface area contributed by atoms with E-state index in [9.17, 15) is 10.1 Å². The molecule has 2 N–H and O–H groups in total. The second kappa shape index (κ2) is 6.16. The molecule has 2 aromatic heterocycles. The average Bonchev–Trinajstić information content (AvgIpc) is 2.83. The summed E-state index contributed by atoms with van der Waals surface area (Å²) in [6, 6.07) is 1.67. The van der Waals surface area contributed by atoms with Crippen molar-refractivity contribution in [3.05, 3.63) is 28.3 Å². The predicted molar refractivity (Wildman–Crippen MR) is 76.6 cm³/mol. The van der Waals surface area contributed by atoms with Gasteiger partial charge < -0.3 is 15.2 Å². The third-order valence-corrected chi connectivity index (χ3v) is 2.87. The topological polar surface area (TPSA) is 119 Å². The Hall–Kier alpha value is -2.71. The molecule has 0 aromatic carbocycles. The fourth-order valence-corrected chi connectivity index (χ4v) is 1.63. The Morgan fingerprint density at radius 2 is 2.14 bits per heavy atom. The van der Waals surface area contributed by atoms with Gasteiger partial charge in [0.05, 0.1) is 4.92 Å². The monoisotopic (exact) mass is 292 g/mol. The molecule has 0 aliphatic heterocycles. The van der Waals surface area contributed by atoms with Gasteiger partial charge in [0.1, 0.15) is 12.1 Å². The summed E-state index contributed by atoms with van der Waals surface area (Å²) in [6.45, 7) is 5.62. The molecule has 0 saturated carbocycles. The van der Waals surface area contributed by atoms with Crippen LogP contribution in [0.5, 0.6) is 0 Å². The van der Waals surface area contributed by atoms with E-state index in [1.165, 1.54) is 6.33 Å². The van der Waals surface area contributed by atoms with Crippen LogP contribution in [0.2, 0.25) is 0 Å². The van der Waals surface area contributed by atoms with Crippen molar-refractivity contribution >= 4 is 23.1 Å². The van der Waals surface area contributed by atoms with E-state index in [0.29, 0.717) is 11.6 Å². The average molecular weight is 292 g/mol. The van der Waals surface area contributed by atoms with Gasteiger partial charge in [-0.25, -0.2) is 9.97 Å². The number of aromatic nitrogens is 3. The Morgan fingerprint density at radius 1 is 1.43 bits per heavy atom. The van der Waals surface area contributed by atoms with Gasteiger partial charge in [0.25, 0.3) is 0 Å². The van der Waals surface area contributed by atoms with Crippen LogP contribution in [0.15, 0.2) is 16.9 Å². The SMILES string of the molecule is CCC(C)Nc1ncnc(Nc2cc(C)on2)c1[N+](=O)[O-]. The molecule has 21 heavy (non-hydrogen) atoms. The number of aryl methyl sites for hydroxylation is 1. The molecular formula is C12H16N6O3. The number of hydrogen-bond acceptors (Lipinski definition) is 8. The number of hydrogen-bond donors (Lipinski definition) is 2. The third-order valence-electron chi connectivity index (χ3n) is 2.87. The maximum atomic E-state index is 11.3. The van der Waals surface area contributed by atoms with Crippen molar-refractivity contribution in [1.29, 1.82) is 0 Å². The van der Waals surface area contributed by atoms with Gasteiger partial charge in [-0.15, -0.1) is 0 Å². The van der Waals surface area contributed by atoms with E-state index in [2.05, 4.69) is 25.8 Å². The first kappa shape index (κ1) is 14.7. The zero-order chi connectivity index (χ0) is 15.4. The highest BCUT2D eigenvalue weighted by Crippen LogP contribution is 2.31. The molecule has 0 radical (unpaired) electrons. The number of nitro groups is 1. The lowest BCUT2D eigenvalue weighted by atomic mass is 10.2. The van der Waals surface area contributed by atoms with E-state index in [1.807, 2.05) is 13.8 Å². The normalized spacial score (nSPS) is 12.0. The van der Waals surface area contributed by atoms with Gasteiger partial charge in [-0.3, -0.25) is 10.1 Å². The van der Waals surface area contributed by atoms with Crippen LogP contribution in [0.3, 0.4) is 0 Å². The number of nitrogens with zero attached hydrogens (tertiary/aromatic N) is 4. The number of anilines is 3. The molecule has 112 valence electrons. The van der Waals surface area contributed by atoms with Crippen molar-refractivity contribution in [3.63, 3.8) is 0 Å². The van der Waals surface area contributed by atoms with Crippen molar-refractivity contribution in [2.45, 2.75) is 33.2 Å². The lowest BCUT2D eigenvalue weighted by Crippen LogP contribution is -2.16. The Labute approximate surface area is 120 Å². The standard InChI is InChI=1S/C12H16N6O3/c1-4-7(2)15-11-10(18(19)20)12(14-6-13-11)16-9-5-8(3)21-17-9/h5-7H,4H2,1-3H3,(H2,13,14,15,16,17). The minimum atomic E-state index is -0.528. The van der Waals surface area contributed by atoms with E-state index < -0.39 is 4.92 Å². The Bertz CT molecular complexity index is 642. The lowest BCUT2D eigenvalue weighted by molar-refractivity contribution is -0.383. The summed E-state index contributed by atoms with van der Waals surface area (Å²) < 4.78 is 4.91. The summed E-state index contributed by atoms with van der Waals surface area (Å²) in [6.07, 6.45) is 2.07. The largest absolute Gasteiger partial charge is 0.362 e. The van der Waals surface area contributed by atoms with Crippen LogP contribution in [0.1, 0.15) is 26.0 Å².